The summed E-state index contributed by atoms with van der Waals surface area (Å²) in [7, 11) is 0. The van der Waals surface area contributed by atoms with Crippen LogP contribution in [0.25, 0.3) is 0 Å². The van der Waals surface area contributed by atoms with Gasteiger partial charge >= 0.3 is 12.1 Å². The fourth-order valence-electron chi connectivity index (χ4n) is 3.64. The van der Waals surface area contributed by atoms with Crippen molar-refractivity contribution < 1.29 is 47.1 Å². The number of hydrogen-bond acceptors (Lipinski definition) is 6. The van der Waals surface area contributed by atoms with Gasteiger partial charge in [0.2, 0.25) is 0 Å². The van der Waals surface area contributed by atoms with Crippen molar-refractivity contribution in [2.75, 3.05) is 6.61 Å². The van der Waals surface area contributed by atoms with Crippen molar-refractivity contribution in [2.24, 2.45) is 0 Å². The minimum absolute atomic E-state index is 0.00791. The van der Waals surface area contributed by atoms with Crippen molar-refractivity contribution in [3.63, 3.8) is 0 Å². The number of aliphatic hydroxyl groups excluding tert-OH is 4. The van der Waals surface area contributed by atoms with Crippen LogP contribution in [0.15, 0.2) is 42.5 Å². The van der Waals surface area contributed by atoms with Gasteiger partial charge in [0.15, 0.2) is 0 Å². The Kier molecular flexibility index (Phi) is 7.07. The fourth-order valence-corrected chi connectivity index (χ4v) is 3.64. The van der Waals surface area contributed by atoms with Gasteiger partial charge in [0.1, 0.15) is 30.5 Å². The average Bonchev–Trinajstić information content (AvgIpc) is 2.77. The number of halogens is 5. The molecule has 0 amide bonds. The summed E-state index contributed by atoms with van der Waals surface area (Å²) < 4.78 is 70.2. The number of aliphatic hydroxyl groups is 4. The Morgan fingerprint density at radius 1 is 0.909 bits per heavy atom. The molecular weight excluding hydrogens is 453 g/mol. The Labute approximate surface area is 185 Å². The molecule has 1 aliphatic rings. The lowest BCUT2D eigenvalue weighted by Gasteiger charge is -2.40. The maximum absolute atomic E-state index is 13.5. The molecule has 1 heterocycles. The van der Waals surface area contributed by atoms with Gasteiger partial charge in [-0.05, 0) is 29.2 Å². The zero-order valence-electron chi connectivity index (χ0n) is 16.9. The molecule has 11 heteroatoms. The molecule has 5 atom stereocenters. The first-order valence-corrected chi connectivity index (χ1v) is 9.78. The van der Waals surface area contributed by atoms with Crippen molar-refractivity contribution in [3.05, 3.63) is 70.3 Å². The van der Waals surface area contributed by atoms with E-state index in [4.69, 9.17) is 4.74 Å². The van der Waals surface area contributed by atoms with Crippen LogP contribution in [-0.4, -0.2) is 57.6 Å². The minimum atomic E-state index is -5.73. The van der Waals surface area contributed by atoms with Crippen LogP contribution in [0.3, 0.4) is 0 Å². The third kappa shape index (κ3) is 4.85. The molecular formula is C22H20F5NO5. The molecule has 1 aliphatic heterocycles. The monoisotopic (exact) mass is 473 g/mol. The molecule has 0 aliphatic carbocycles. The predicted octanol–water partition coefficient (Wildman–Crippen LogP) is 2.32. The second-order valence-electron chi connectivity index (χ2n) is 7.72. The van der Waals surface area contributed by atoms with Gasteiger partial charge < -0.3 is 25.2 Å². The van der Waals surface area contributed by atoms with Crippen LogP contribution >= 0.6 is 0 Å². The van der Waals surface area contributed by atoms with Crippen LogP contribution in [0, 0.1) is 11.3 Å². The highest BCUT2D eigenvalue weighted by molar-refractivity contribution is 5.44. The van der Waals surface area contributed by atoms with Crippen molar-refractivity contribution in [1.82, 2.24) is 0 Å². The Morgan fingerprint density at radius 2 is 1.55 bits per heavy atom. The first kappa shape index (κ1) is 25.0. The van der Waals surface area contributed by atoms with Crippen molar-refractivity contribution >= 4 is 0 Å². The number of ether oxygens (including phenoxy) is 1. The Bertz CT molecular complexity index is 1020. The number of benzene rings is 2. The lowest BCUT2D eigenvalue weighted by atomic mass is 9.89. The summed E-state index contributed by atoms with van der Waals surface area (Å²) in [4.78, 5) is 0. The van der Waals surface area contributed by atoms with E-state index < -0.39 is 54.8 Å². The molecule has 2 aromatic rings. The molecule has 0 aromatic heterocycles. The second kappa shape index (κ2) is 9.32. The maximum atomic E-state index is 13.5. The summed E-state index contributed by atoms with van der Waals surface area (Å²) in [5.74, 6) is -5.01. The number of nitriles is 1. The van der Waals surface area contributed by atoms with E-state index in [-0.39, 0.29) is 12.0 Å². The van der Waals surface area contributed by atoms with Crippen molar-refractivity contribution in [3.8, 4) is 6.07 Å². The van der Waals surface area contributed by atoms with E-state index in [2.05, 4.69) is 0 Å². The van der Waals surface area contributed by atoms with Crippen LogP contribution in [0.2, 0.25) is 0 Å². The highest BCUT2D eigenvalue weighted by Crippen LogP contribution is 2.43. The molecule has 1 fully saturated rings. The molecule has 1 saturated heterocycles. The Hall–Kier alpha value is -2.62. The smallest absolute Gasteiger partial charge is 0.394 e. The molecule has 6 nitrogen and oxygen atoms in total. The summed E-state index contributed by atoms with van der Waals surface area (Å²) in [6, 6.07) is 9.77. The summed E-state index contributed by atoms with van der Waals surface area (Å²) in [5.41, 5.74) is -0.00930. The lowest BCUT2D eigenvalue weighted by molar-refractivity contribution is -0.289. The molecule has 2 aromatic carbocycles. The molecule has 0 radical (unpaired) electrons. The summed E-state index contributed by atoms with van der Waals surface area (Å²) >= 11 is 0. The summed E-state index contributed by atoms with van der Waals surface area (Å²) in [6.45, 7) is -0.626. The van der Waals surface area contributed by atoms with E-state index in [9.17, 15) is 47.6 Å². The minimum Gasteiger partial charge on any atom is -0.394 e. The fraction of sp³-hybridized carbons (Fsp3) is 0.409. The highest BCUT2D eigenvalue weighted by atomic mass is 19.4. The third-order valence-corrected chi connectivity index (χ3v) is 5.54. The van der Waals surface area contributed by atoms with Crippen LogP contribution in [0.4, 0.5) is 22.0 Å². The largest absolute Gasteiger partial charge is 0.458 e. The van der Waals surface area contributed by atoms with Gasteiger partial charge in [-0.15, -0.1) is 0 Å². The molecule has 1 unspecified atom stereocenters. The molecule has 3 rings (SSSR count). The van der Waals surface area contributed by atoms with Gasteiger partial charge in [-0.3, -0.25) is 0 Å². The van der Waals surface area contributed by atoms with Crippen LogP contribution in [0.1, 0.15) is 33.9 Å². The number of hydrogen-bond donors (Lipinski definition) is 4. The van der Waals surface area contributed by atoms with Crippen LogP contribution < -0.4 is 0 Å². The molecule has 0 saturated carbocycles. The Morgan fingerprint density at radius 3 is 2.09 bits per heavy atom. The molecule has 33 heavy (non-hydrogen) atoms. The lowest BCUT2D eigenvalue weighted by Crippen LogP contribution is -2.55. The van der Waals surface area contributed by atoms with Gasteiger partial charge in [-0.1, -0.05) is 36.4 Å². The topological polar surface area (TPSA) is 114 Å². The normalized spacial score (nSPS) is 26.1. The first-order chi connectivity index (χ1) is 15.4. The van der Waals surface area contributed by atoms with Gasteiger partial charge in [0, 0.05) is 5.56 Å². The predicted molar refractivity (Wildman–Crippen MR) is 103 cm³/mol. The van der Waals surface area contributed by atoms with E-state index in [1.807, 2.05) is 6.07 Å². The van der Waals surface area contributed by atoms with E-state index in [0.717, 1.165) is 12.1 Å². The molecule has 178 valence electrons. The standard InChI is InChI=1S/C22H20F5NO5/c23-21(24,22(25,26)27)15-5-1-11(2-6-15)7-14-8-12(3-4-13(14)9-28)20-19(32)18(31)17(30)16(10-29)33-20/h1-6,8,16-20,29-32H,7,10H2/t16?,17-,18+,19-,20+/m1/s1. The maximum Gasteiger partial charge on any atom is 0.458 e. The number of nitrogens with zero attached hydrogens (tertiary/aromatic N) is 1. The second-order valence-corrected chi connectivity index (χ2v) is 7.72. The van der Waals surface area contributed by atoms with Gasteiger partial charge in [0.05, 0.1) is 18.2 Å². The highest BCUT2D eigenvalue weighted by Gasteiger charge is 2.58. The van der Waals surface area contributed by atoms with Gasteiger partial charge in [-0.2, -0.15) is 27.2 Å². The van der Waals surface area contributed by atoms with Crippen molar-refractivity contribution in [2.45, 2.75) is 49.0 Å². The molecule has 4 N–H and O–H groups in total. The SMILES string of the molecule is N#Cc1ccc([C@@H]2OC(CO)[C@@H](O)[C@H](O)[C@H]2O)cc1Cc1ccc(C(F)(F)C(F)(F)F)cc1. The van der Waals surface area contributed by atoms with E-state index >= 15 is 0 Å². The Balaban J connectivity index is 1.89. The average molecular weight is 473 g/mol. The van der Waals surface area contributed by atoms with E-state index in [1.165, 1.54) is 18.2 Å². The van der Waals surface area contributed by atoms with Crippen molar-refractivity contribution in [1.29, 1.82) is 5.26 Å². The number of rotatable bonds is 5. The summed E-state index contributed by atoms with van der Waals surface area (Å²) in [6.07, 6.45) is -12.7. The van der Waals surface area contributed by atoms with Crippen LogP contribution in [-0.2, 0) is 17.1 Å². The van der Waals surface area contributed by atoms with Gasteiger partial charge in [-0.25, -0.2) is 0 Å². The van der Waals surface area contributed by atoms with E-state index in [0.29, 0.717) is 28.8 Å². The number of alkyl halides is 5. The molecule has 0 spiro atoms. The summed E-state index contributed by atoms with van der Waals surface area (Å²) in [5, 5.41) is 49.0. The first-order valence-electron chi connectivity index (χ1n) is 9.78. The molecule has 0 bridgehead atoms. The van der Waals surface area contributed by atoms with Gasteiger partial charge in [0.25, 0.3) is 0 Å². The third-order valence-electron chi connectivity index (χ3n) is 5.54. The van der Waals surface area contributed by atoms with Crippen LogP contribution in [0.5, 0.6) is 0 Å². The zero-order chi connectivity index (χ0) is 24.6. The van der Waals surface area contributed by atoms with E-state index in [1.54, 1.807) is 0 Å². The zero-order valence-corrected chi connectivity index (χ0v) is 16.9. The quantitative estimate of drug-likeness (QED) is 0.496.